The molecule has 0 spiro atoms. The van der Waals surface area contributed by atoms with Crippen molar-refractivity contribution in [3.8, 4) is 12.3 Å². The summed E-state index contributed by atoms with van der Waals surface area (Å²) in [4.78, 5) is 21.8. The monoisotopic (exact) mass is 232 g/mol. The van der Waals surface area contributed by atoms with Gasteiger partial charge in [-0.15, -0.1) is 6.42 Å². The molecule has 0 radical (unpaired) electrons. The number of rotatable bonds is 3. The molecule has 0 fully saturated rings. The molecule has 0 saturated carbocycles. The summed E-state index contributed by atoms with van der Waals surface area (Å²) in [6.07, 6.45) is 5.24. The van der Waals surface area contributed by atoms with Gasteiger partial charge in [0.2, 0.25) is 0 Å². The van der Waals surface area contributed by atoms with Crippen LogP contribution in [-0.2, 0) is 0 Å². The maximum absolute atomic E-state index is 11.8. The molecular weight excluding hydrogens is 220 g/mol. The van der Waals surface area contributed by atoms with E-state index in [0.717, 1.165) is 0 Å². The summed E-state index contributed by atoms with van der Waals surface area (Å²) < 4.78 is 0. The summed E-state index contributed by atoms with van der Waals surface area (Å²) in [6, 6.07) is 5.48. The Kier molecular flexibility index (Phi) is 3.49. The van der Waals surface area contributed by atoms with Gasteiger partial charge in [0.15, 0.2) is 0 Å². The molecule has 1 aromatic carbocycles. The number of carbonyl (C=O) groups excluding carboxylic acids is 1. The number of hydrogen-bond acceptors (Lipinski definition) is 3. The lowest BCUT2D eigenvalue weighted by Crippen LogP contribution is -2.42. The quantitative estimate of drug-likeness (QED) is 0.490. The number of non-ortho nitro benzene ring substituents is 1. The fourth-order valence-electron chi connectivity index (χ4n) is 1.15. The molecule has 0 saturated heterocycles. The minimum Gasteiger partial charge on any atom is -0.336 e. The van der Waals surface area contributed by atoms with Gasteiger partial charge in [-0.2, -0.15) is 0 Å². The average molecular weight is 232 g/mol. The van der Waals surface area contributed by atoms with E-state index in [9.17, 15) is 14.9 Å². The van der Waals surface area contributed by atoms with Crippen molar-refractivity contribution in [1.29, 1.82) is 0 Å². The Balaban J connectivity index is 2.95. The molecule has 0 atom stereocenters. The highest BCUT2D eigenvalue weighted by molar-refractivity contribution is 5.95. The molecular formula is C12H12N2O3. The van der Waals surface area contributed by atoms with E-state index in [2.05, 4.69) is 11.2 Å². The number of benzene rings is 1. The van der Waals surface area contributed by atoms with Gasteiger partial charge in [0, 0.05) is 17.7 Å². The first-order chi connectivity index (χ1) is 7.85. The first-order valence-corrected chi connectivity index (χ1v) is 4.90. The second-order valence-corrected chi connectivity index (χ2v) is 4.03. The van der Waals surface area contributed by atoms with Crippen LogP contribution in [0.1, 0.15) is 24.2 Å². The summed E-state index contributed by atoms with van der Waals surface area (Å²) in [5.41, 5.74) is -0.708. The lowest BCUT2D eigenvalue weighted by Gasteiger charge is -2.19. The fraction of sp³-hybridized carbons (Fsp3) is 0.250. The van der Waals surface area contributed by atoms with Gasteiger partial charge >= 0.3 is 0 Å². The lowest BCUT2D eigenvalue weighted by molar-refractivity contribution is -0.384. The van der Waals surface area contributed by atoms with Gasteiger partial charge in [-0.3, -0.25) is 14.9 Å². The number of nitrogens with zero attached hydrogens (tertiary/aromatic N) is 1. The van der Waals surface area contributed by atoms with Crippen LogP contribution in [0.15, 0.2) is 24.3 Å². The first kappa shape index (κ1) is 12.7. The molecule has 0 heterocycles. The van der Waals surface area contributed by atoms with Crippen LogP contribution >= 0.6 is 0 Å². The van der Waals surface area contributed by atoms with Crippen LogP contribution in [0.2, 0.25) is 0 Å². The summed E-state index contributed by atoms with van der Waals surface area (Å²) in [7, 11) is 0. The van der Waals surface area contributed by atoms with Gasteiger partial charge < -0.3 is 5.32 Å². The second kappa shape index (κ2) is 4.66. The average Bonchev–Trinajstić information content (AvgIpc) is 2.28. The molecule has 0 aliphatic heterocycles. The van der Waals surface area contributed by atoms with Gasteiger partial charge in [-0.05, 0) is 19.9 Å². The van der Waals surface area contributed by atoms with Crippen LogP contribution in [0, 0.1) is 22.5 Å². The van der Waals surface area contributed by atoms with E-state index in [1.165, 1.54) is 24.3 Å². The Morgan fingerprint density at radius 3 is 2.71 bits per heavy atom. The Morgan fingerprint density at radius 1 is 1.53 bits per heavy atom. The number of hydrogen-bond donors (Lipinski definition) is 1. The van der Waals surface area contributed by atoms with E-state index in [1.54, 1.807) is 13.8 Å². The molecule has 0 aromatic heterocycles. The number of terminal acetylenes is 1. The third-order valence-corrected chi connectivity index (χ3v) is 2.11. The van der Waals surface area contributed by atoms with Gasteiger partial charge in [-0.1, -0.05) is 12.0 Å². The van der Waals surface area contributed by atoms with Gasteiger partial charge in [0.1, 0.15) is 0 Å². The minimum absolute atomic E-state index is 0.129. The van der Waals surface area contributed by atoms with E-state index in [1.807, 2.05) is 0 Å². The zero-order valence-electron chi connectivity index (χ0n) is 9.56. The van der Waals surface area contributed by atoms with Crippen LogP contribution in [0.4, 0.5) is 5.69 Å². The highest BCUT2D eigenvalue weighted by Crippen LogP contribution is 2.13. The highest BCUT2D eigenvalue weighted by Gasteiger charge is 2.19. The number of nitro groups is 1. The summed E-state index contributed by atoms with van der Waals surface area (Å²) >= 11 is 0. The van der Waals surface area contributed by atoms with E-state index in [-0.39, 0.29) is 11.3 Å². The van der Waals surface area contributed by atoms with Crippen LogP contribution in [0.25, 0.3) is 0 Å². The third kappa shape index (κ3) is 3.31. The summed E-state index contributed by atoms with van der Waals surface area (Å²) in [5.74, 6) is 1.98. The molecule has 0 aliphatic carbocycles. The molecule has 5 nitrogen and oxygen atoms in total. The molecule has 88 valence electrons. The van der Waals surface area contributed by atoms with E-state index in [4.69, 9.17) is 6.42 Å². The summed E-state index contributed by atoms with van der Waals surface area (Å²) in [6.45, 7) is 3.34. The standard InChI is InChI=1S/C12H12N2O3/c1-4-12(2,3)13-11(15)9-6-5-7-10(8-9)14(16)17/h1,5-8H,2-3H3,(H,13,15). The largest absolute Gasteiger partial charge is 0.336 e. The maximum Gasteiger partial charge on any atom is 0.270 e. The van der Waals surface area contributed by atoms with Crippen LogP contribution in [-0.4, -0.2) is 16.4 Å². The normalized spacial score (nSPS) is 10.4. The fourth-order valence-corrected chi connectivity index (χ4v) is 1.15. The van der Waals surface area contributed by atoms with Crippen molar-refractivity contribution in [2.45, 2.75) is 19.4 Å². The Bertz CT molecular complexity index is 501. The maximum atomic E-state index is 11.8. The van der Waals surface area contributed by atoms with Crippen LogP contribution in [0.5, 0.6) is 0 Å². The van der Waals surface area contributed by atoms with E-state index < -0.39 is 16.4 Å². The smallest absolute Gasteiger partial charge is 0.270 e. The number of nitrogens with one attached hydrogen (secondary N) is 1. The SMILES string of the molecule is C#CC(C)(C)NC(=O)c1cccc([N+](=O)[O-])c1. The van der Waals surface area contributed by atoms with Crippen molar-refractivity contribution < 1.29 is 9.72 Å². The molecule has 17 heavy (non-hydrogen) atoms. The van der Waals surface area contributed by atoms with Crippen molar-refractivity contribution >= 4 is 11.6 Å². The van der Waals surface area contributed by atoms with Gasteiger partial charge in [0.25, 0.3) is 11.6 Å². The third-order valence-electron chi connectivity index (χ3n) is 2.11. The summed E-state index contributed by atoms with van der Waals surface area (Å²) in [5, 5.41) is 13.1. The Hall–Kier alpha value is -2.35. The highest BCUT2D eigenvalue weighted by atomic mass is 16.6. The molecule has 1 amide bonds. The molecule has 5 heteroatoms. The zero-order chi connectivity index (χ0) is 13.1. The molecule has 0 bridgehead atoms. The molecule has 0 unspecified atom stereocenters. The number of carbonyl (C=O) groups is 1. The Morgan fingerprint density at radius 2 is 2.18 bits per heavy atom. The van der Waals surface area contributed by atoms with Crippen LogP contribution < -0.4 is 5.32 Å². The zero-order valence-corrected chi connectivity index (χ0v) is 9.56. The van der Waals surface area contributed by atoms with E-state index in [0.29, 0.717) is 0 Å². The van der Waals surface area contributed by atoms with Crippen molar-refractivity contribution in [2.24, 2.45) is 0 Å². The minimum atomic E-state index is -0.790. The number of amides is 1. The topological polar surface area (TPSA) is 72.2 Å². The lowest BCUT2D eigenvalue weighted by atomic mass is 10.1. The second-order valence-electron chi connectivity index (χ2n) is 4.03. The number of nitro benzene ring substituents is 1. The Labute approximate surface area is 99.0 Å². The van der Waals surface area contributed by atoms with Crippen LogP contribution in [0.3, 0.4) is 0 Å². The van der Waals surface area contributed by atoms with Crippen molar-refractivity contribution in [3.05, 3.63) is 39.9 Å². The predicted octanol–water partition coefficient (Wildman–Crippen LogP) is 1.74. The predicted molar refractivity (Wildman–Crippen MR) is 63.5 cm³/mol. The van der Waals surface area contributed by atoms with Crippen molar-refractivity contribution in [3.63, 3.8) is 0 Å². The van der Waals surface area contributed by atoms with Crippen molar-refractivity contribution in [1.82, 2.24) is 5.32 Å². The van der Waals surface area contributed by atoms with Crippen molar-refractivity contribution in [2.75, 3.05) is 0 Å². The van der Waals surface area contributed by atoms with Gasteiger partial charge in [0.05, 0.1) is 10.5 Å². The molecule has 1 aromatic rings. The molecule has 0 aliphatic rings. The van der Waals surface area contributed by atoms with E-state index >= 15 is 0 Å². The first-order valence-electron chi connectivity index (χ1n) is 4.90. The van der Waals surface area contributed by atoms with Gasteiger partial charge in [-0.25, -0.2) is 0 Å². The molecule has 1 rings (SSSR count). The molecule has 1 N–H and O–H groups in total.